The summed E-state index contributed by atoms with van der Waals surface area (Å²) < 4.78 is 0. The van der Waals surface area contributed by atoms with Crippen LogP contribution in [0.4, 0.5) is 0 Å². The fourth-order valence-electron chi connectivity index (χ4n) is 5.03. The zero-order valence-electron chi connectivity index (χ0n) is 20.2. The zero-order chi connectivity index (χ0) is 25.1. The van der Waals surface area contributed by atoms with Crippen molar-refractivity contribution in [3.05, 3.63) is 111 Å². The number of hydrogen-bond donors (Lipinski definition) is 2. The minimum atomic E-state index is -0.651. The van der Waals surface area contributed by atoms with Crippen molar-refractivity contribution in [2.24, 2.45) is 0 Å². The van der Waals surface area contributed by atoms with Crippen molar-refractivity contribution in [1.29, 1.82) is 0 Å². The smallest absolute Gasteiger partial charge is 0.137 e. The average Bonchev–Trinajstić information content (AvgIpc) is 3.28. The lowest BCUT2D eigenvalue weighted by Crippen LogP contribution is -2.48. The molecule has 3 aromatic carbocycles. The van der Waals surface area contributed by atoms with E-state index in [1.165, 1.54) is 0 Å². The summed E-state index contributed by atoms with van der Waals surface area (Å²) in [5.74, 6) is 0.790. The highest BCUT2D eigenvalue weighted by molar-refractivity contribution is 6.31. The van der Waals surface area contributed by atoms with Crippen LogP contribution in [0.5, 0.6) is 0 Å². The van der Waals surface area contributed by atoms with E-state index in [-0.39, 0.29) is 6.04 Å². The lowest BCUT2D eigenvalue weighted by atomic mass is 9.96. The number of piperazine rings is 1. The van der Waals surface area contributed by atoms with Gasteiger partial charge in [-0.3, -0.25) is 9.80 Å². The maximum Gasteiger partial charge on any atom is 0.137 e. The van der Waals surface area contributed by atoms with E-state index >= 15 is 0 Å². The summed E-state index contributed by atoms with van der Waals surface area (Å²) in [7, 11) is 0. The molecule has 1 atom stereocenters. The second-order valence-corrected chi connectivity index (χ2v) is 10.2. The first-order chi connectivity index (χ1) is 17.5. The van der Waals surface area contributed by atoms with Gasteiger partial charge in [0.05, 0.1) is 11.7 Å². The molecule has 0 aliphatic carbocycles. The van der Waals surface area contributed by atoms with Gasteiger partial charge in [0.2, 0.25) is 0 Å². The maximum atomic E-state index is 11.0. The number of H-pyrrole nitrogens is 1. The first-order valence-corrected chi connectivity index (χ1v) is 13.0. The van der Waals surface area contributed by atoms with E-state index in [0.717, 1.165) is 64.4 Å². The van der Waals surface area contributed by atoms with Crippen LogP contribution in [0.3, 0.4) is 0 Å². The Morgan fingerprint density at radius 3 is 2.06 bits per heavy atom. The number of aliphatic hydroxyl groups excluding tert-OH is 1. The van der Waals surface area contributed by atoms with E-state index in [0.29, 0.717) is 12.2 Å². The highest BCUT2D eigenvalue weighted by Crippen LogP contribution is 2.32. The number of aryl methyl sites for hydroxylation is 1. The molecule has 0 saturated carbocycles. The fourth-order valence-corrected chi connectivity index (χ4v) is 5.43. The van der Waals surface area contributed by atoms with Gasteiger partial charge < -0.3 is 10.1 Å². The number of aliphatic hydroxyl groups is 1. The Morgan fingerprint density at radius 2 is 1.47 bits per heavy atom. The average molecular weight is 521 g/mol. The molecule has 0 radical (unpaired) electrons. The number of hydrogen-bond acceptors (Lipinski definition) is 4. The van der Waals surface area contributed by atoms with Crippen LogP contribution < -0.4 is 0 Å². The van der Waals surface area contributed by atoms with Gasteiger partial charge in [-0.1, -0.05) is 77.8 Å². The van der Waals surface area contributed by atoms with Crippen LogP contribution in [0.1, 0.15) is 34.7 Å². The van der Waals surface area contributed by atoms with E-state index in [1.807, 2.05) is 73.7 Å². The molecule has 1 fully saturated rings. The Hall–Kier alpha value is -2.67. The summed E-state index contributed by atoms with van der Waals surface area (Å²) in [5, 5.41) is 12.5. The lowest BCUT2D eigenvalue weighted by Gasteiger charge is -2.40. The van der Waals surface area contributed by atoms with Gasteiger partial charge >= 0.3 is 0 Å². The Balaban J connectivity index is 1.28. The third-order valence-electron chi connectivity index (χ3n) is 6.82. The number of nitrogens with one attached hydrogen (secondary N) is 1. The van der Waals surface area contributed by atoms with Crippen LogP contribution in [0.15, 0.2) is 78.9 Å². The largest absolute Gasteiger partial charge is 0.385 e. The van der Waals surface area contributed by atoms with Crippen LogP contribution in [-0.2, 0) is 0 Å². The summed E-state index contributed by atoms with van der Waals surface area (Å²) in [6, 6.07) is 26.2. The van der Waals surface area contributed by atoms with Gasteiger partial charge in [0.25, 0.3) is 0 Å². The molecule has 1 aromatic heterocycles. The normalized spacial score (nSPS) is 15.9. The van der Waals surface area contributed by atoms with Crippen LogP contribution in [-0.4, -0.2) is 57.6 Å². The van der Waals surface area contributed by atoms with Crippen molar-refractivity contribution in [2.75, 3.05) is 32.7 Å². The highest BCUT2D eigenvalue weighted by Gasteiger charge is 2.28. The van der Waals surface area contributed by atoms with Gasteiger partial charge in [-0.2, -0.15) is 0 Å². The highest BCUT2D eigenvalue weighted by atomic mass is 35.5. The van der Waals surface area contributed by atoms with Crippen molar-refractivity contribution in [3.63, 3.8) is 0 Å². The molecule has 5 rings (SSSR count). The molecule has 36 heavy (non-hydrogen) atoms. The summed E-state index contributed by atoms with van der Waals surface area (Å²) in [6.45, 7) is 5.95. The van der Waals surface area contributed by atoms with Crippen molar-refractivity contribution in [2.45, 2.75) is 19.1 Å². The molecule has 186 valence electrons. The van der Waals surface area contributed by atoms with Crippen LogP contribution in [0.25, 0.3) is 11.4 Å². The molecule has 1 saturated heterocycles. The predicted molar refractivity (Wildman–Crippen MR) is 146 cm³/mol. The van der Waals surface area contributed by atoms with Crippen LogP contribution in [0.2, 0.25) is 10.0 Å². The first kappa shape index (κ1) is 25.0. The SMILES string of the molecule is Cc1[nH]c(-c2ccccc2)nc1C(O)CN1CCN(C(c2cccc(Cl)c2)c2cccc(Cl)c2)CC1. The molecule has 0 spiro atoms. The second-order valence-electron chi connectivity index (χ2n) is 9.33. The number of rotatable bonds is 7. The molecular formula is C29H30Cl2N4O. The molecule has 7 heteroatoms. The van der Waals surface area contributed by atoms with Gasteiger partial charge in [-0.05, 0) is 42.3 Å². The van der Waals surface area contributed by atoms with Crippen molar-refractivity contribution < 1.29 is 5.11 Å². The number of β-amino-alcohol motifs (C(OH)–C–C–N with tert-alkyl or cyclic N) is 1. The predicted octanol–water partition coefficient (Wildman–Crippen LogP) is 6.13. The number of aromatic nitrogens is 2. The minimum Gasteiger partial charge on any atom is -0.385 e. The second kappa shape index (κ2) is 11.2. The van der Waals surface area contributed by atoms with Crippen molar-refractivity contribution in [1.82, 2.24) is 19.8 Å². The third-order valence-corrected chi connectivity index (χ3v) is 7.29. The minimum absolute atomic E-state index is 0.0662. The quantitative estimate of drug-likeness (QED) is 0.307. The molecular weight excluding hydrogens is 491 g/mol. The fraction of sp³-hybridized carbons (Fsp3) is 0.276. The van der Waals surface area contributed by atoms with E-state index in [9.17, 15) is 5.11 Å². The van der Waals surface area contributed by atoms with Gasteiger partial charge in [0.1, 0.15) is 11.9 Å². The molecule has 1 unspecified atom stereocenters. The molecule has 0 amide bonds. The molecule has 0 bridgehead atoms. The summed E-state index contributed by atoms with van der Waals surface area (Å²) in [5.41, 5.74) is 4.94. The van der Waals surface area contributed by atoms with Crippen LogP contribution in [0, 0.1) is 6.92 Å². The Labute approximate surface area is 222 Å². The monoisotopic (exact) mass is 520 g/mol. The summed E-state index contributed by atoms with van der Waals surface area (Å²) in [6.07, 6.45) is -0.651. The Morgan fingerprint density at radius 1 is 0.861 bits per heavy atom. The van der Waals surface area contributed by atoms with E-state index < -0.39 is 6.10 Å². The zero-order valence-corrected chi connectivity index (χ0v) is 21.8. The van der Waals surface area contributed by atoms with Crippen molar-refractivity contribution >= 4 is 23.2 Å². The summed E-state index contributed by atoms with van der Waals surface area (Å²) >= 11 is 12.7. The maximum absolute atomic E-state index is 11.0. The van der Waals surface area contributed by atoms with E-state index in [2.05, 4.69) is 26.9 Å². The Kier molecular flexibility index (Phi) is 7.75. The molecule has 5 nitrogen and oxygen atoms in total. The standard InChI is InChI=1S/C29H30Cl2N4O/c1-20-27(33-29(32-20)21-7-3-2-4-8-21)26(36)19-34-13-15-35(16-14-34)28(22-9-5-11-24(30)17-22)23-10-6-12-25(31)18-23/h2-12,17-18,26,28,36H,13-16,19H2,1H3,(H,32,33). The molecule has 1 aliphatic rings. The van der Waals surface area contributed by atoms with Gasteiger partial charge in [0, 0.05) is 54.0 Å². The Bertz CT molecular complexity index is 1260. The number of nitrogens with zero attached hydrogens (tertiary/aromatic N) is 3. The molecule has 2 heterocycles. The molecule has 1 aliphatic heterocycles. The number of benzene rings is 3. The van der Waals surface area contributed by atoms with E-state index in [1.54, 1.807) is 0 Å². The van der Waals surface area contributed by atoms with Gasteiger partial charge in [-0.25, -0.2) is 4.98 Å². The van der Waals surface area contributed by atoms with Gasteiger partial charge in [0.15, 0.2) is 0 Å². The van der Waals surface area contributed by atoms with Crippen LogP contribution >= 0.6 is 23.2 Å². The van der Waals surface area contributed by atoms with Crippen molar-refractivity contribution in [3.8, 4) is 11.4 Å². The number of halogens is 2. The van der Waals surface area contributed by atoms with Gasteiger partial charge in [-0.15, -0.1) is 0 Å². The molecule has 2 N–H and O–H groups in total. The summed E-state index contributed by atoms with van der Waals surface area (Å²) in [4.78, 5) is 12.8. The van der Waals surface area contributed by atoms with E-state index in [4.69, 9.17) is 28.2 Å². The number of imidazole rings is 1. The first-order valence-electron chi connectivity index (χ1n) is 12.3. The third kappa shape index (κ3) is 5.66. The topological polar surface area (TPSA) is 55.4 Å². The molecule has 4 aromatic rings. The lowest BCUT2D eigenvalue weighted by molar-refractivity contribution is 0.0606. The number of aromatic amines is 1.